The molecule has 6 heteroatoms. The number of hydrogen-bond donors (Lipinski definition) is 2. The molecule has 0 saturated heterocycles. The van der Waals surface area contributed by atoms with Crippen LogP contribution in [0.4, 0.5) is 0 Å². The number of hydrazine groups is 1. The number of thioether (sulfide) groups is 1. The van der Waals surface area contributed by atoms with Crippen molar-refractivity contribution < 1.29 is 4.79 Å². The number of carbonyl (C=O) groups is 1. The monoisotopic (exact) mass is 414 g/mol. The molecule has 5 nitrogen and oxygen atoms in total. The van der Waals surface area contributed by atoms with Gasteiger partial charge < -0.3 is 5.32 Å². The van der Waals surface area contributed by atoms with E-state index in [1.54, 1.807) is 5.01 Å². The molecule has 2 N–H and O–H groups in total. The lowest BCUT2D eigenvalue weighted by atomic mass is 10.0. The molecule has 0 radical (unpaired) electrons. The molecule has 0 aliphatic carbocycles. The van der Waals surface area contributed by atoms with Crippen molar-refractivity contribution >= 4 is 39.3 Å². The van der Waals surface area contributed by atoms with Crippen LogP contribution in [-0.4, -0.2) is 34.9 Å². The highest BCUT2D eigenvalue weighted by Gasteiger charge is 2.31. The van der Waals surface area contributed by atoms with Crippen LogP contribution < -0.4 is 10.7 Å². The topological polar surface area (TPSA) is 56.7 Å². The molecule has 150 valence electrons. The van der Waals surface area contributed by atoms with Gasteiger partial charge in [-0.1, -0.05) is 78.5 Å². The van der Waals surface area contributed by atoms with E-state index in [4.69, 9.17) is 0 Å². The minimum atomic E-state index is -0.153. The Labute approximate surface area is 179 Å². The van der Waals surface area contributed by atoms with Crippen molar-refractivity contribution in [3.05, 3.63) is 90.0 Å². The van der Waals surface area contributed by atoms with E-state index in [-0.39, 0.29) is 11.9 Å². The Balaban J connectivity index is 1.42. The second-order valence-corrected chi connectivity index (χ2v) is 8.24. The van der Waals surface area contributed by atoms with Crippen LogP contribution in [0.1, 0.15) is 17.2 Å². The highest BCUT2D eigenvalue weighted by molar-refractivity contribution is 8.14. The van der Waals surface area contributed by atoms with Gasteiger partial charge in [0, 0.05) is 6.54 Å². The molecule has 0 aromatic heterocycles. The summed E-state index contributed by atoms with van der Waals surface area (Å²) in [6.07, 6.45) is 2.13. The summed E-state index contributed by atoms with van der Waals surface area (Å²) in [4.78, 5) is 17.5. The Morgan fingerprint density at radius 2 is 1.83 bits per heavy atom. The maximum absolute atomic E-state index is 13.1. The number of nitrogens with one attached hydrogen (secondary N) is 2. The van der Waals surface area contributed by atoms with Gasteiger partial charge in [-0.05, 0) is 34.0 Å². The van der Waals surface area contributed by atoms with E-state index in [1.165, 1.54) is 22.5 Å². The fourth-order valence-electron chi connectivity index (χ4n) is 3.77. The lowest BCUT2D eigenvalue weighted by molar-refractivity contribution is -0.131. The molecule has 1 atom stereocenters. The van der Waals surface area contributed by atoms with Crippen molar-refractivity contribution in [2.45, 2.75) is 6.04 Å². The number of carbonyl (C=O) groups excluding carboxylic acids is 1. The molecular formula is C24H22N4OS. The maximum Gasteiger partial charge on any atom is 0.252 e. The zero-order valence-electron chi connectivity index (χ0n) is 16.4. The van der Waals surface area contributed by atoms with E-state index in [2.05, 4.69) is 64.3 Å². The van der Waals surface area contributed by atoms with E-state index in [1.807, 2.05) is 30.3 Å². The van der Waals surface area contributed by atoms with Gasteiger partial charge in [-0.25, -0.2) is 5.01 Å². The van der Waals surface area contributed by atoms with Crippen molar-refractivity contribution in [3.63, 3.8) is 0 Å². The normalized spacial score (nSPS) is 18.0. The predicted molar refractivity (Wildman–Crippen MR) is 124 cm³/mol. The van der Waals surface area contributed by atoms with Crippen LogP contribution in [-0.2, 0) is 4.79 Å². The van der Waals surface area contributed by atoms with Crippen molar-refractivity contribution in [1.29, 1.82) is 0 Å². The molecule has 5 rings (SSSR count). The number of benzene rings is 3. The van der Waals surface area contributed by atoms with Crippen LogP contribution in [0.3, 0.4) is 0 Å². The summed E-state index contributed by atoms with van der Waals surface area (Å²) in [5.74, 6) is 0.360. The van der Waals surface area contributed by atoms with Crippen LogP contribution in [0.5, 0.6) is 0 Å². The highest BCUT2D eigenvalue weighted by atomic mass is 32.2. The Morgan fingerprint density at radius 3 is 2.63 bits per heavy atom. The van der Waals surface area contributed by atoms with Crippen LogP contribution in [0.15, 0.2) is 83.9 Å². The van der Waals surface area contributed by atoms with Gasteiger partial charge in [-0.2, -0.15) is 0 Å². The molecule has 2 heterocycles. The summed E-state index contributed by atoms with van der Waals surface area (Å²) in [7, 11) is 0. The van der Waals surface area contributed by atoms with Gasteiger partial charge in [0.15, 0.2) is 5.17 Å². The van der Waals surface area contributed by atoms with E-state index in [9.17, 15) is 4.79 Å². The standard InChI is InChI=1S/C24H22N4OS/c29-23(16-30-24-25-12-13-26-24)28-22(18-7-2-1-3-8-18)15-21(27-28)20-11-10-17-6-4-5-9-19(17)14-20/h1-11,14-15,22,27H,12-13,16H2,(H,25,26)/t22-/m1/s1. The molecule has 0 spiro atoms. The SMILES string of the molecule is O=C(CSC1=NCCN1)N1NC(c2ccc3ccccc3c2)=C[C@@H]1c1ccccc1. The Morgan fingerprint density at radius 1 is 1.03 bits per heavy atom. The molecule has 30 heavy (non-hydrogen) atoms. The minimum Gasteiger partial charge on any atom is -0.363 e. The first-order valence-corrected chi connectivity index (χ1v) is 11.0. The Bertz CT molecular complexity index is 1140. The number of nitrogens with zero attached hydrogens (tertiary/aromatic N) is 2. The number of hydrogen-bond acceptors (Lipinski definition) is 5. The first kappa shape index (κ1) is 18.8. The summed E-state index contributed by atoms with van der Waals surface area (Å²) in [5, 5.41) is 8.18. The highest BCUT2D eigenvalue weighted by Crippen LogP contribution is 2.32. The van der Waals surface area contributed by atoms with Crippen molar-refractivity contribution in [3.8, 4) is 0 Å². The fraction of sp³-hybridized carbons (Fsp3) is 0.167. The zero-order chi connectivity index (χ0) is 20.3. The van der Waals surface area contributed by atoms with E-state index < -0.39 is 0 Å². The summed E-state index contributed by atoms with van der Waals surface area (Å²) in [5.41, 5.74) is 6.46. The van der Waals surface area contributed by atoms with Crippen LogP contribution in [0, 0.1) is 0 Å². The largest absolute Gasteiger partial charge is 0.363 e. The molecule has 3 aromatic rings. The lowest BCUT2D eigenvalue weighted by Gasteiger charge is -2.25. The number of rotatable bonds is 4. The van der Waals surface area contributed by atoms with E-state index in [0.29, 0.717) is 5.75 Å². The third kappa shape index (κ3) is 3.78. The number of amides is 1. The van der Waals surface area contributed by atoms with Crippen molar-refractivity contribution in [2.75, 3.05) is 18.8 Å². The van der Waals surface area contributed by atoms with E-state index >= 15 is 0 Å². The van der Waals surface area contributed by atoms with Gasteiger partial charge in [-0.3, -0.25) is 15.2 Å². The number of fused-ring (bicyclic) bond motifs is 1. The van der Waals surface area contributed by atoms with Gasteiger partial charge in [0.25, 0.3) is 5.91 Å². The molecule has 0 saturated carbocycles. The van der Waals surface area contributed by atoms with Crippen LogP contribution in [0.2, 0.25) is 0 Å². The fourth-order valence-corrected chi connectivity index (χ4v) is 4.56. The van der Waals surface area contributed by atoms with Gasteiger partial charge in [-0.15, -0.1) is 0 Å². The summed E-state index contributed by atoms with van der Waals surface area (Å²) >= 11 is 1.46. The van der Waals surface area contributed by atoms with Gasteiger partial charge in [0.2, 0.25) is 0 Å². The average molecular weight is 415 g/mol. The van der Waals surface area contributed by atoms with Crippen molar-refractivity contribution in [2.24, 2.45) is 4.99 Å². The predicted octanol–water partition coefficient (Wildman–Crippen LogP) is 3.96. The third-order valence-electron chi connectivity index (χ3n) is 5.29. The summed E-state index contributed by atoms with van der Waals surface area (Å²) in [6.45, 7) is 1.62. The number of aliphatic imine (C=N–C) groups is 1. The van der Waals surface area contributed by atoms with Crippen molar-refractivity contribution in [1.82, 2.24) is 15.8 Å². The smallest absolute Gasteiger partial charge is 0.252 e. The van der Waals surface area contributed by atoms with Gasteiger partial charge in [0.05, 0.1) is 24.0 Å². The average Bonchev–Trinajstić information content (AvgIpc) is 3.48. The second kappa shape index (κ2) is 8.24. The molecule has 2 aliphatic heterocycles. The summed E-state index contributed by atoms with van der Waals surface area (Å²) in [6, 6.07) is 24.7. The maximum atomic E-state index is 13.1. The first-order valence-electron chi connectivity index (χ1n) is 10.0. The minimum absolute atomic E-state index is 0.0253. The van der Waals surface area contributed by atoms with Gasteiger partial charge in [0.1, 0.15) is 0 Å². The molecule has 2 aliphatic rings. The third-order valence-corrected chi connectivity index (χ3v) is 6.23. The lowest BCUT2D eigenvalue weighted by Crippen LogP contribution is -2.41. The second-order valence-electron chi connectivity index (χ2n) is 7.28. The van der Waals surface area contributed by atoms with Crippen LogP contribution >= 0.6 is 11.8 Å². The quantitative estimate of drug-likeness (QED) is 0.679. The van der Waals surface area contributed by atoms with Crippen LogP contribution in [0.25, 0.3) is 16.5 Å². The molecule has 0 unspecified atom stereocenters. The molecule has 0 bridgehead atoms. The molecule has 3 aromatic carbocycles. The first-order chi connectivity index (χ1) is 14.8. The molecule has 0 fully saturated rings. The van der Waals surface area contributed by atoms with E-state index in [0.717, 1.165) is 35.1 Å². The van der Waals surface area contributed by atoms with Gasteiger partial charge >= 0.3 is 0 Å². The number of amidine groups is 1. The summed E-state index contributed by atoms with van der Waals surface area (Å²) < 4.78 is 0. The zero-order valence-corrected chi connectivity index (χ0v) is 17.2. The Kier molecular flexibility index (Phi) is 5.15. The Hall–Kier alpha value is -3.25. The molecular weight excluding hydrogens is 392 g/mol. The molecule has 1 amide bonds.